The van der Waals surface area contributed by atoms with Gasteiger partial charge in [0.15, 0.2) is 5.65 Å². The average Bonchev–Trinajstić information content (AvgIpc) is 2.92. The van der Waals surface area contributed by atoms with Crippen LogP contribution >= 0.6 is 0 Å². The third kappa shape index (κ3) is 1.71. The van der Waals surface area contributed by atoms with Gasteiger partial charge in [0, 0.05) is 36.8 Å². The number of nitrogens with one attached hydrogen (secondary N) is 1. The average molecular weight is 268 g/mol. The second kappa shape index (κ2) is 4.38. The van der Waals surface area contributed by atoms with E-state index in [1.54, 1.807) is 18.3 Å². The van der Waals surface area contributed by atoms with Gasteiger partial charge in [-0.05, 0) is 17.7 Å². The Morgan fingerprint density at radius 3 is 2.85 bits per heavy atom. The third-order valence-electron chi connectivity index (χ3n) is 3.72. The Kier molecular flexibility index (Phi) is 2.53. The highest BCUT2D eigenvalue weighted by molar-refractivity contribution is 5.77. The van der Waals surface area contributed by atoms with Crippen LogP contribution in [-0.4, -0.2) is 21.1 Å². The zero-order valence-corrected chi connectivity index (χ0v) is 10.8. The second-order valence-electron chi connectivity index (χ2n) is 4.96. The molecule has 3 heterocycles. The van der Waals surface area contributed by atoms with Crippen molar-refractivity contribution in [3.63, 3.8) is 0 Å². The fraction of sp³-hybridized carbons (Fsp3) is 0.200. The molecule has 5 heteroatoms. The minimum atomic E-state index is -0.235. The molecule has 0 spiro atoms. The van der Waals surface area contributed by atoms with E-state index in [1.165, 1.54) is 23.4 Å². The molecule has 0 bridgehead atoms. The molecule has 0 unspecified atom stereocenters. The number of fused-ring (bicyclic) bond motifs is 3. The molecular formula is C15H13FN4. The lowest BCUT2D eigenvalue weighted by Gasteiger charge is -2.17. The summed E-state index contributed by atoms with van der Waals surface area (Å²) in [7, 11) is 0. The summed E-state index contributed by atoms with van der Waals surface area (Å²) >= 11 is 0. The van der Waals surface area contributed by atoms with Crippen molar-refractivity contribution in [2.24, 2.45) is 0 Å². The van der Waals surface area contributed by atoms with Crippen LogP contribution in [0.2, 0.25) is 0 Å². The number of hydrogen-bond donors (Lipinski definition) is 1. The van der Waals surface area contributed by atoms with Crippen LogP contribution in [0, 0.1) is 5.82 Å². The summed E-state index contributed by atoms with van der Waals surface area (Å²) < 4.78 is 14.9. The lowest BCUT2D eigenvalue weighted by molar-refractivity contribution is 0.610. The van der Waals surface area contributed by atoms with Gasteiger partial charge in [-0.3, -0.25) is 0 Å². The number of hydrogen-bond acceptors (Lipinski definition) is 3. The molecule has 0 atom stereocenters. The fourth-order valence-corrected chi connectivity index (χ4v) is 2.69. The van der Waals surface area contributed by atoms with Crippen molar-refractivity contribution in [1.29, 1.82) is 0 Å². The van der Waals surface area contributed by atoms with E-state index in [9.17, 15) is 4.39 Å². The van der Waals surface area contributed by atoms with Crippen LogP contribution in [0.25, 0.3) is 16.8 Å². The molecular weight excluding hydrogens is 255 g/mol. The first-order valence-corrected chi connectivity index (χ1v) is 6.64. The minimum absolute atomic E-state index is 0.235. The molecule has 3 aromatic rings. The van der Waals surface area contributed by atoms with Crippen LogP contribution in [0.1, 0.15) is 11.3 Å². The monoisotopic (exact) mass is 268 g/mol. The molecule has 20 heavy (non-hydrogen) atoms. The predicted molar refractivity (Wildman–Crippen MR) is 73.8 cm³/mol. The van der Waals surface area contributed by atoms with E-state index >= 15 is 0 Å². The van der Waals surface area contributed by atoms with E-state index in [-0.39, 0.29) is 5.82 Å². The molecule has 0 saturated heterocycles. The third-order valence-corrected chi connectivity index (χ3v) is 3.72. The molecule has 2 aromatic heterocycles. The summed E-state index contributed by atoms with van der Waals surface area (Å²) in [6.45, 7) is 1.79. The SMILES string of the molecule is Fc1ccc(-c2cnn3c4c(cnc23)CNCC4)cc1. The van der Waals surface area contributed by atoms with Crippen molar-refractivity contribution >= 4 is 5.65 Å². The van der Waals surface area contributed by atoms with Crippen molar-refractivity contribution in [1.82, 2.24) is 19.9 Å². The molecule has 0 aliphatic carbocycles. The van der Waals surface area contributed by atoms with Crippen LogP contribution in [0.15, 0.2) is 36.7 Å². The second-order valence-corrected chi connectivity index (χ2v) is 4.96. The van der Waals surface area contributed by atoms with E-state index in [4.69, 9.17) is 0 Å². The maximum Gasteiger partial charge on any atom is 0.163 e. The highest BCUT2D eigenvalue weighted by atomic mass is 19.1. The summed E-state index contributed by atoms with van der Waals surface area (Å²) in [4.78, 5) is 4.52. The Morgan fingerprint density at radius 2 is 2.00 bits per heavy atom. The molecule has 100 valence electrons. The summed E-state index contributed by atoms with van der Waals surface area (Å²) in [5.41, 5.74) is 5.10. The van der Waals surface area contributed by atoms with Gasteiger partial charge in [0.05, 0.1) is 11.9 Å². The van der Waals surface area contributed by atoms with Crippen LogP contribution < -0.4 is 5.32 Å². The van der Waals surface area contributed by atoms with Crippen LogP contribution in [0.3, 0.4) is 0 Å². The maximum absolute atomic E-state index is 13.0. The number of nitrogens with zero attached hydrogens (tertiary/aromatic N) is 3. The van der Waals surface area contributed by atoms with Gasteiger partial charge in [-0.25, -0.2) is 13.9 Å². The van der Waals surface area contributed by atoms with E-state index in [0.717, 1.165) is 36.3 Å². The Bertz CT molecular complexity index is 776. The van der Waals surface area contributed by atoms with E-state index in [2.05, 4.69) is 15.4 Å². The van der Waals surface area contributed by atoms with E-state index in [1.807, 2.05) is 10.7 Å². The number of benzene rings is 1. The standard InChI is InChI=1S/C15H13FN4/c16-12-3-1-10(2-4-12)13-9-19-20-14-5-6-17-7-11(14)8-18-15(13)20/h1-4,8-9,17H,5-7H2. The summed E-state index contributed by atoms with van der Waals surface area (Å²) in [5, 5.41) is 7.79. The van der Waals surface area contributed by atoms with Crippen LogP contribution in [-0.2, 0) is 13.0 Å². The first-order chi connectivity index (χ1) is 9.83. The molecule has 1 aliphatic heterocycles. The zero-order valence-electron chi connectivity index (χ0n) is 10.8. The molecule has 1 aliphatic rings. The van der Waals surface area contributed by atoms with E-state index in [0.29, 0.717) is 0 Å². The van der Waals surface area contributed by atoms with Crippen molar-refractivity contribution in [3.05, 3.63) is 53.7 Å². The Labute approximate surface area is 115 Å². The maximum atomic E-state index is 13.0. The summed E-state index contributed by atoms with van der Waals surface area (Å²) in [6, 6.07) is 6.44. The van der Waals surface area contributed by atoms with E-state index < -0.39 is 0 Å². The topological polar surface area (TPSA) is 42.2 Å². The molecule has 0 radical (unpaired) electrons. The number of rotatable bonds is 1. The smallest absolute Gasteiger partial charge is 0.163 e. The minimum Gasteiger partial charge on any atom is -0.312 e. The van der Waals surface area contributed by atoms with Gasteiger partial charge < -0.3 is 5.32 Å². The highest BCUT2D eigenvalue weighted by Crippen LogP contribution is 2.25. The van der Waals surface area contributed by atoms with Gasteiger partial charge in [0.2, 0.25) is 0 Å². The van der Waals surface area contributed by atoms with Gasteiger partial charge >= 0.3 is 0 Å². The lowest BCUT2D eigenvalue weighted by atomic mass is 10.1. The van der Waals surface area contributed by atoms with Gasteiger partial charge in [0.1, 0.15) is 5.82 Å². The van der Waals surface area contributed by atoms with Gasteiger partial charge in [0.25, 0.3) is 0 Å². The normalized spacial score (nSPS) is 14.4. The van der Waals surface area contributed by atoms with Gasteiger partial charge in [-0.1, -0.05) is 12.1 Å². The Hall–Kier alpha value is -2.27. The highest BCUT2D eigenvalue weighted by Gasteiger charge is 2.16. The molecule has 4 nitrogen and oxygen atoms in total. The first kappa shape index (κ1) is 11.5. The van der Waals surface area contributed by atoms with Crippen LogP contribution in [0.5, 0.6) is 0 Å². The molecule has 4 rings (SSSR count). The number of halogens is 1. The lowest BCUT2D eigenvalue weighted by Crippen LogP contribution is -2.26. The molecule has 0 amide bonds. The number of aromatic nitrogens is 3. The largest absolute Gasteiger partial charge is 0.312 e. The zero-order chi connectivity index (χ0) is 13.5. The van der Waals surface area contributed by atoms with Gasteiger partial charge in [-0.15, -0.1) is 0 Å². The summed E-state index contributed by atoms with van der Waals surface area (Å²) in [5.74, 6) is -0.235. The fourth-order valence-electron chi connectivity index (χ4n) is 2.69. The van der Waals surface area contributed by atoms with Gasteiger partial charge in [-0.2, -0.15) is 5.10 Å². The molecule has 1 N–H and O–H groups in total. The van der Waals surface area contributed by atoms with Crippen molar-refractivity contribution < 1.29 is 4.39 Å². The van der Waals surface area contributed by atoms with Crippen LogP contribution in [0.4, 0.5) is 4.39 Å². The molecule has 0 fully saturated rings. The predicted octanol–water partition coefficient (Wildman–Crippen LogP) is 2.18. The van der Waals surface area contributed by atoms with Crippen molar-refractivity contribution in [3.8, 4) is 11.1 Å². The Balaban J connectivity index is 1.92. The van der Waals surface area contributed by atoms with Crippen molar-refractivity contribution in [2.75, 3.05) is 6.54 Å². The summed E-state index contributed by atoms with van der Waals surface area (Å²) in [6.07, 6.45) is 4.66. The molecule has 0 saturated carbocycles. The van der Waals surface area contributed by atoms with Crippen molar-refractivity contribution in [2.45, 2.75) is 13.0 Å². The first-order valence-electron chi connectivity index (χ1n) is 6.64. The Morgan fingerprint density at radius 1 is 1.15 bits per heavy atom. The molecule has 1 aromatic carbocycles. The quantitative estimate of drug-likeness (QED) is 0.735.